The van der Waals surface area contributed by atoms with E-state index in [1.54, 1.807) is 0 Å². The van der Waals surface area contributed by atoms with Gasteiger partial charge in [0.05, 0.1) is 6.04 Å². The lowest BCUT2D eigenvalue weighted by Crippen LogP contribution is -2.41. The van der Waals surface area contributed by atoms with Crippen molar-refractivity contribution >= 4 is 17.7 Å². The monoisotopic (exact) mass is 313 g/mol. The number of carbonyl (C=O) groups is 1. The lowest BCUT2D eigenvalue weighted by molar-refractivity contribution is 0.0694. The van der Waals surface area contributed by atoms with Gasteiger partial charge in [-0.25, -0.2) is 0 Å². The van der Waals surface area contributed by atoms with Gasteiger partial charge in [0.2, 0.25) is 0 Å². The first-order valence-electron chi connectivity index (χ1n) is 7.84. The molecule has 2 aliphatic rings. The van der Waals surface area contributed by atoms with Crippen LogP contribution in [0.1, 0.15) is 39.8 Å². The molecule has 1 aromatic carbocycles. The van der Waals surface area contributed by atoms with Crippen LogP contribution in [0.4, 0.5) is 0 Å². The second kappa shape index (κ2) is 5.80. The molecular weight excluding hydrogens is 294 g/mol. The predicted molar refractivity (Wildman–Crippen MR) is 88.2 cm³/mol. The number of benzene rings is 1. The summed E-state index contributed by atoms with van der Waals surface area (Å²) in [5.41, 5.74) is 4.18. The summed E-state index contributed by atoms with van der Waals surface area (Å²) in [6.07, 6.45) is 3.13. The fourth-order valence-corrected chi connectivity index (χ4v) is 4.52. The first kappa shape index (κ1) is 13.9. The van der Waals surface area contributed by atoms with Crippen molar-refractivity contribution in [1.29, 1.82) is 0 Å². The van der Waals surface area contributed by atoms with Gasteiger partial charge >= 0.3 is 0 Å². The van der Waals surface area contributed by atoms with E-state index in [4.69, 9.17) is 0 Å². The van der Waals surface area contributed by atoms with Gasteiger partial charge in [-0.05, 0) is 24.8 Å². The average molecular weight is 313 g/mol. The number of H-pyrrole nitrogens is 1. The van der Waals surface area contributed by atoms with E-state index >= 15 is 0 Å². The van der Waals surface area contributed by atoms with E-state index < -0.39 is 0 Å². The maximum absolute atomic E-state index is 13.0. The predicted octanol–water partition coefficient (Wildman–Crippen LogP) is 2.83. The number of rotatable bonds is 2. The molecule has 0 radical (unpaired) electrons. The van der Waals surface area contributed by atoms with Crippen LogP contribution >= 0.6 is 11.8 Å². The summed E-state index contributed by atoms with van der Waals surface area (Å²) in [7, 11) is 0. The molecule has 1 aliphatic carbocycles. The molecule has 22 heavy (non-hydrogen) atoms. The molecule has 0 spiro atoms. The van der Waals surface area contributed by atoms with Crippen molar-refractivity contribution in [2.45, 2.75) is 25.3 Å². The smallest absolute Gasteiger partial charge is 0.275 e. The Bertz CT molecular complexity index is 682. The number of hydrogen-bond acceptors (Lipinski definition) is 3. The van der Waals surface area contributed by atoms with Crippen LogP contribution in [-0.2, 0) is 12.8 Å². The maximum atomic E-state index is 13.0. The molecule has 2 aromatic rings. The van der Waals surface area contributed by atoms with E-state index in [0.717, 1.165) is 48.6 Å². The minimum absolute atomic E-state index is 0.0913. The molecule has 0 saturated carbocycles. The molecular formula is C17H19N3OS. The molecule has 1 atom stereocenters. The standard InChI is InChI=1S/C17H19N3OS/c21-17(16-13-7-4-8-14(13)18-19-16)20-9-10-22-11-15(20)12-5-2-1-3-6-12/h1-3,5-6,15H,4,7-11H2,(H,18,19)/t15-/m1/s1. The van der Waals surface area contributed by atoms with E-state index in [2.05, 4.69) is 22.3 Å². The van der Waals surface area contributed by atoms with Crippen LogP contribution in [0.3, 0.4) is 0 Å². The van der Waals surface area contributed by atoms with E-state index in [9.17, 15) is 4.79 Å². The Labute approximate surface area is 134 Å². The summed E-state index contributed by atoms with van der Waals surface area (Å²) in [5.74, 6) is 2.05. The number of carbonyl (C=O) groups excluding carboxylic acids is 1. The topological polar surface area (TPSA) is 49.0 Å². The number of amides is 1. The highest BCUT2D eigenvalue weighted by Gasteiger charge is 2.32. The van der Waals surface area contributed by atoms with Crippen molar-refractivity contribution in [2.75, 3.05) is 18.1 Å². The molecule has 1 saturated heterocycles. The molecule has 114 valence electrons. The Balaban J connectivity index is 1.65. The van der Waals surface area contributed by atoms with Crippen LogP contribution in [0.15, 0.2) is 30.3 Å². The van der Waals surface area contributed by atoms with Gasteiger partial charge in [-0.2, -0.15) is 16.9 Å². The highest BCUT2D eigenvalue weighted by atomic mass is 32.2. The summed E-state index contributed by atoms with van der Waals surface area (Å²) in [6, 6.07) is 10.5. The number of thioether (sulfide) groups is 1. The zero-order valence-corrected chi connectivity index (χ0v) is 13.2. The van der Waals surface area contributed by atoms with Gasteiger partial charge in [-0.15, -0.1) is 0 Å². The molecule has 0 unspecified atom stereocenters. The van der Waals surface area contributed by atoms with Crippen molar-refractivity contribution in [3.05, 3.63) is 52.8 Å². The lowest BCUT2D eigenvalue weighted by atomic mass is 10.1. The normalized spacial score (nSPS) is 20.9. The SMILES string of the molecule is O=C(c1n[nH]c2c1CCC2)N1CCSC[C@@H]1c1ccccc1. The van der Waals surface area contributed by atoms with Crippen molar-refractivity contribution < 1.29 is 4.79 Å². The number of aryl methyl sites for hydroxylation is 1. The molecule has 4 nitrogen and oxygen atoms in total. The molecule has 1 fully saturated rings. The van der Waals surface area contributed by atoms with Crippen LogP contribution in [-0.4, -0.2) is 39.1 Å². The zero-order valence-electron chi connectivity index (χ0n) is 12.4. The number of aromatic nitrogens is 2. The Kier molecular flexibility index (Phi) is 3.66. The number of fused-ring (bicyclic) bond motifs is 1. The van der Waals surface area contributed by atoms with Gasteiger partial charge < -0.3 is 4.90 Å². The maximum Gasteiger partial charge on any atom is 0.275 e. The van der Waals surface area contributed by atoms with Gasteiger partial charge in [-0.3, -0.25) is 9.89 Å². The van der Waals surface area contributed by atoms with E-state index in [-0.39, 0.29) is 11.9 Å². The average Bonchev–Trinajstić information content (AvgIpc) is 3.18. The summed E-state index contributed by atoms with van der Waals surface area (Å²) >= 11 is 1.92. The van der Waals surface area contributed by atoms with Crippen molar-refractivity contribution in [2.24, 2.45) is 0 Å². The van der Waals surface area contributed by atoms with Crippen LogP contribution in [0, 0.1) is 0 Å². The third-order valence-electron chi connectivity index (χ3n) is 4.58. The van der Waals surface area contributed by atoms with E-state index in [1.165, 1.54) is 5.56 Å². The largest absolute Gasteiger partial charge is 0.329 e. The second-order valence-corrected chi connectivity index (χ2v) is 7.03. The Morgan fingerprint density at radius 2 is 2.14 bits per heavy atom. The minimum Gasteiger partial charge on any atom is -0.329 e. The first-order valence-corrected chi connectivity index (χ1v) is 9.00. The van der Waals surface area contributed by atoms with E-state index in [1.807, 2.05) is 34.9 Å². The number of nitrogens with one attached hydrogen (secondary N) is 1. The van der Waals surface area contributed by atoms with Crippen molar-refractivity contribution in [3.63, 3.8) is 0 Å². The number of nitrogens with zero attached hydrogens (tertiary/aromatic N) is 2. The Morgan fingerprint density at radius 1 is 1.27 bits per heavy atom. The van der Waals surface area contributed by atoms with Gasteiger partial charge in [0.15, 0.2) is 5.69 Å². The van der Waals surface area contributed by atoms with Crippen LogP contribution in [0.2, 0.25) is 0 Å². The quantitative estimate of drug-likeness (QED) is 0.927. The molecule has 1 aromatic heterocycles. The highest BCUT2D eigenvalue weighted by molar-refractivity contribution is 7.99. The summed E-state index contributed by atoms with van der Waals surface area (Å²) in [4.78, 5) is 15.1. The fourth-order valence-electron chi connectivity index (χ4n) is 3.43. The summed E-state index contributed by atoms with van der Waals surface area (Å²) < 4.78 is 0. The van der Waals surface area contributed by atoms with Crippen LogP contribution in [0.5, 0.6) is 0 Å². The molecule has 4 rings (SSSR count). The minimum atomic E-state index is 0.0913. The number of aromatic amines is 1. The summed E-state index contributed by atoms with van der Waals surface area (Å²) in [6.45, 7) is 0.796. The lowest BCUT2D eigenvalue weighted by Gasteiger charge is -2.35. The first-order chi connectivity index (χ1) is 10.8. The van der Waals surface area contributed by atoms with Crippen molar-refractivity contribution in [3.8, 4) is 0 Å². The second-order valence-electron chi connectivity index (χ2n) is 5.88. The van der Waals surface area contributed by atoms with Crippen molar-refractivity contribution in [1.82, 2.24) is 15.1 Å². The number of hydrogen-bond donors (Lipinski definition) is 1. The van der Waals surface area contributed by atoms with Crippen LogP contribution in [0.25, 0.3) is 0 Å². The zero-order chi connectivity index (χ0) is 14.9. The molecule has 5 heteroatoms. The summed E-state index contributed by atoms with van der Waals surface area (Å²) in [5, 5.41) is 7.38. The molecule has 1 N–H and O–H groups in total. The van der Waals surface area contributed by atoms with Gasteiger partial charge in [0, 0.05) is 29.3 Å². The fraction of sp³-hybridized carbons (Fsp3) is 0.412. The van der Waals surface area contributed by atoms with E-state index in [0.29, 0.717) is 5.69 Å². The van der Waals surface area contributed by atoms with Gasteiger partial charge in [0.1, 0.15) is 0 Å². The molecule has 0 bridgehead atoms. The molecule has 2 heterocycles. The Hall–Kier alpha value is -1.75. The molecule has 1 aliphatic heterocycles. The highest BCUT2D eigenvalue weighted by Crippen LogP contribution is 2.32. The third-order valence-corrected chi connectivity index (χ3v) is 5.61. The molecule has 1 amide bonds. The third kappa shape index (κ3) is 2.33. The Morgan fingerprint density at radius 3 is 3.00 bits per heavy atom. The van der Waals surface area contributed by atoms with Crippen LogP contribution < -0.4 is 0 Å². The van der Waals surface area contributed by atoms with Gasteiger partial charge in [0.25, 0.3) is 5.91 Å². The van der Waals surface area contributed by atoms with Gasteiger partial charge in [-0.1, -0.05) is 30.3 Å².